The number of hydrogen-bond donors (Lipinski definition) is 1. The van der Waals surface area contributed by atoms with Crippen LogP contribution < -0.4 is 5.32 Å². The number of aromatic nitrogens is 2. The van der Waals surface area contributed by atoms with Crippen LogP contribution in [-0.4, -0.2) is 16.3 Å². The van der Waals surface area contributed by atoms with Crippen molar-refractivity contribution < 1.29 is 0 Å². The molecule has 1 heterocycles. The zero-order valence-corrected chi connectivity index (χ0v) is 10.6. The van der Waals surface area contributed by atoms with Crippen LogP contribution in [0.4, 0.5) is 0 Å². The quantitative estimate of drug-likeness (QED) is 0.825. The first-order chi connectivity index (χ1) is 8.24. The van der Waals surface area contributed by atoms with Crippen LogP contribution >= 0.6 is 11.6 Å². The third kappa shape index (κ3) is 3.88. The Balaban J connectivity index is 1.73. The predicted molar refractivity (Wildman–Crippen MR) is 70.1 cm³/mol. The van der Waals surface area contributed by atoms with Crippen LogP contribution in [0.3, 0.4) is 0 Å². The van der Waals surface area contributed by atoms with Gasteiger partial charge in [-0.3, -0.25) is 4.68 Å². The number of benzene rings is 1. The Morgan fingerprint density at radius 3 is 2.94 bits per heavy atom. The second-order valence-corrected chi connectivity index (χ2v) is 4.47. The van der Waals surface area contributed by atoms with Crippen LogP contribution in [0.1, 0.15) is 11.3 Å². The molecule has 0 amide bonds. The normalized spacial score (nSPS) is 10.7. The molecule has 2 rings (SSSR count). The molecule has 2 aromatic rings. The highest BCUT2D eigenvalue weighted by Crippen LogP contribution is 2.10. The maximum Gasteiger partial charge on any atom is 0.0637 e. The molecule has 0 saturated carbocycles. The van der Waals surface area contributed by atoms with Gasteiger partial charge < -0.3 is 5.32 Å². The lowest BCUT2D eigenvalue weighted by atomic mass is 10.2. The summed E-state index contributed by atoms with van der Waals surface area (Å²) in [4.78, 5) is 0. The summed E-state index contributed by atoms with van der Waals surface area (Å²) >= 11 is 5.92. The van der Waals surface area contributed by atoms with Gasteiger partial charge in [-0.05, 0) is 23.8 Å². The summed E-state index contributed by atoms with van der Waals surface area (Å²) in [7, 11) is 1.93. The van der Waals surface area contributed by atoms with E-state index in [1.165, 1.54) is 5.56 Å². The van der Waals surface area contributed by atoms with Gasteiger partial charge in [0, 0.05) is 37.8 Å². The Morgan fingerprint density at radius 2 is 2.24 bits per heavy atom. The minimum Gasteiger partial charge on any atom is -0.312 e. The first-order valence-electron chi connectivity index (χ1n) is 5.68. The molecule has 0 bridgehead atoms. The molecular weight excluding hydrogens is 234 g/mol. The van der Waals surface area contributed by atoms with Crippen LogP contribution in [0.15, 0.2) is 36.5 Å². The minimum absolute atomic E-state index is 0.786. The maximum atomic E-state index is 5.92. The molecule has 1 N–H and O–H groups in total. The van der Waals surface area contributed by atoms with Gasteiger partial charge in [0.1, 0.15) is 0 Å². The van der Waals surface area contributed by atoms with Crippen molar-refractivity contribution in [3.8, 4) is 0 Å². The van der Waals surface area contributed by atoms with Crippen molar-refractivity contribution in [2.75, 3.05) is 6.54 Å². The molecule has 1 aromatic carbocycles. The van der Waals surface area contributed by atoms with E-state index in [4.69, 9.17) is 11.6 Å². The molecule has 0 aliphatic carbocycles. The average Bonchev–Trinajstić information content (AvgIpc) is 2.71. The standard InChI is InChI=1S/C13H16ClN3/c1-17-8-6-13(16-17)5-7-15-10-11-3-2-4-12(14)9-11/h2-4,6,8-9,15H,5,7,10H2,1H3. The highest BCUT2D eigenvalue weighted by Gasteiger charge is 1.97. The number of rotatable bonds is 5. The highest BCUT2D eigenvalue weighted by atomic mass is 35.5. The molecule has 0 aliphatic rings. The first-order valence-corrected chi connectivity index (χ1v) is 6.05. The fraction of sp³-hybridized carbons (Fsp3) is 0.308. The van der Waals surface area contributed by atoms with Crippen molar-refractivity contribution in [3.63, 3.8) is 0 Å². The summed E-state index contributed by atoms with van der Waals surface area (Å²) in [5.74, 6) is 0. The van der Waals surface area contributed by atoms with E-state index in [0.717, 1.165) is 30.2 Å². The summed E-state index contributed by atoms with van der Waals surface area (Å²) in [5.41, 5.74) is 2.32. The lowest BCUT2D eigenvalue weighted by Gasteiger charge is -2.04. The molecule has 17 heavy (non-hydrogen) atoms. The third-order valence-corrected chi connectivity index (χ3v) is 2.78. The molecular formula is C13H16ClN3. The number of aryl methyl sites for hydroxylation is 1. The van der Waals surface area contributed by atoms with Gasteiger partial charge in [0.25, 0.3) is 0 Å². The molecule has 4 heteroatoms. The van der Waals surface area contributed by atoms with Crippen LogP contribution in [0, 0.1) is 0 Å². The Hall–Kier alpha value is -1.32. The highest BCUT2D eigenvalue weighted by molar-refractivity contribution is 6.30. The van der Waals surface area contributed by atoms with E-state index in [-0.39, 0.29) is 0 Å². The summed E-state index contributed by atoms with van der Waals surface area (Å²) < 4.78 is 1.83. The minimum atomic E-state index is 0.786. The largest absolute Gasteiger partial charge is 0.312 e. The first kappa shape index (κ1) is 12.1. The number of nitrogens with one attached hydrogen (secondary N) is 1. The lowest BCUT2D eigenvalue weighted by Crippen LogP contribution is -2.16. The van der Waals surface area contributed by atoms with Gasteiger partial charge in [0.05, 0.1) is 5.69 Å². The van der Waals surface area contributed by atoms with Crippen LogP contribution in [0.25, 0.3) is 0 Å². The molecule has 0 saturated heterocycles. The van der Waals surface area contributed by atoms with Gasteiger partial charge in [-0.15, -0.1) is 0 Å². The number of nitrogens with zero attached hydrogens (tertiary/aromatic N) is 2. The van der Waals surface area contributed by atoms with Crippen molar-refractivity contribution in [1.82, 2.24) is 15.1 Å². The van der Waals surface area contributed by atoms with E-state index in [1.54, 1.807) is 0 Å². The number of hydrogen-bond acceptors (Lipinski definition) is 2. The third-order valence-electron chi connectivity index (χ3n) is 2.54. The van der Waals surface area contributed by atoms with Gasteiger partial charge in [-0.25, -0.2) is 0 Å². The van der Waals surface area contributed by atoms with Gasteiger partial charge in [-0.1, -0.05) is 23.7 Å². The molecule has 0 fully saturated rings. The van der Waals surface area contributed by atoms with E-state index in [2.05, 4.69) is 16.5 Å². The van der Waals surface area contributed by atoms with Crippen molar-refractivity contribution >= 4 is 11.6 Å². The fourth-order valence-electron chi connectivity index (χ4n) is 1.69. The molecule has 0 unspecified atom stereocenters. The van der Waals surface area contributed by atoms with Crippen LogP contribution in [0.2, 0.25) is 5.02 Å². The molecule has 0 radical (unpaired) electrons. The second-order valence-electron chi connectivity index (χ2n) is 4.04. The SMILES string of the molecule is Cn1ccc(CCNCc2cccc(Cl)c2)n1. The van der Waals surface area contributed by atoms with Crippen molar-refractivity contribution in [2.45, 2.75) is 13.0 Å². The van der Waals surface area contributed by atoms with Crippen molar-refractivity contribution in [1.29, 1.82) is 0 Å². The average molecular weight is 250 g/mol. The Bertz CT molecular complexity index is 479. The fourth-order valence-corrected chi connectivity index (χ4v) is 1.91. The Kier molecular flexibility index (Phi) is 4.18. The van der Waals surface area contributed by atoms with Gasteiger partial charge in [0.15, 0.2) is 0 Å². The molecule has 0 spiro atoms. The number of halogens is 1. The molecule has 90 valence electrons. The summed E-state index contributed by atoms with van der Waals surface area (Å²) in [6.07, 6.45) is 2.91. The smallest absolute Gasteiger partial charge is 0.0637 e. The van der Waals surface area contributed by atoms with Gasteiger partial charge >= 0.3 is 0 Å². The maximum absolute atomic E-state index is 5.92. The molecule has 1 aromatic heterocycles. The van der Waals surface area contributed by atoms with E-state index in [1.807, 2.05) is 42.2 Å². The summed E-state index contributed by atoms with van der Waals surface area (Å²) in [5, 5.41) is 8.49. The monoisotopic (exact) mass is 249 g/mol. The van der Waals surface area contributed by atoms with Crippen molar-refractivity contribution in [3.05, 3.63) is 52.8 Å². The molecule has 0 aliphatic heterocycles. The summed E-state index contributed by atoms with van der Waals surface area (Å²) in [6, 6.07) is 9.95. The zero-order chi connectivity index (χ0) is 12.1. The van der Waals surface area contributed by atoms with Crippen LogP contribution in [0.5, 0.6) is 0 Å². The van der Waals surface area contributed by atoms with E-state index >= 15 is 0 Å². The summed E-state index contributed by atoms with van der Waals surface area (Å²) in [6.45, 7) is 1.76. The van der Waals surface area contributed by atoms with Crippen LogP contribution in [-0.2, 0) is 20.0 Å². The molecule has 0 atom stereocenters. The predicted octanol–water partition coefficient (Wildman–Crippen LogP) is 2.41. The second kappa shape index (κ2) is 5.84. The topological polar surface area (TPSA) is 29.9 Å². The molecule has 3 nitrogen and oxygen atoms in total. The van der Waals surface area contributed by atoms with E-state index < -0.39 is 0 Å². The van der Waals surface area contributed by atoms with Gasteiger partial charge in [-0.2, -0.15) is 5.10 Å². The lowest BCUT2D eigenvalue weighted by molar-refractivity contribution is 0.665. The Morgan fingerprint density at radius 1 is 1.35 bits per heavy atom. The van der Waals surface area contributed by atoms with E-state index in [0.29, 0.717) is 0 Å². The van der Waals surface area contributed by atoms with Crippen molar-refractivity contribution in [2.24, 2.45) is 7.05 Å². The zero-order valence-electron chi connectivity index (χ0n) is 9.86. The Labute approximate surface area is 106 Å². The van der Waals surface area contributed by atoms with E-state index in [9.17, 15) is 0 Å². The van der Waals surface area contributed by atoms with Gasteiger partial charge in [0.2, 0.25) is 0 Å².